The van der Waals surface area contributed by atoms with Crippen LogP contribution < -0.4 is 15.8 Å². The van der Waals surface area contributed by atoms with Gasteiger partial charge in [-0.2, -0.15) is 0 Å². The Balaban J connectivity index is 2.16. The molecule has 0 bridgehead atoms. The summed E-state index contributed by atoms with van der Waals surface area (Å²) in [5.41, 5.74) is 6.80. The molecule has 1 aliphatic rings. The Bertz CT molecular complexity index is 451. The highest BCUT2D eigenvalue weighted by Gasteiger charge is 2.36. The van der Waals surface area contributed by atoms with Gasteiger partial charge in [-0.05, 0) is 25.0 Å². The molecule has 0 heterocycles. The van der Waals surface area contributed by atoms with Crippen LogP contribution in [0.2, 0.25) is 0 Å². The monoisotopic (exact) mass is 248 g/mol. The average Bonchev–Trinajstić information content (AvgIpc) is 2.80. The zero-order valence-electron chi connectivity index (χ0n) is 11.0. The smallest absolute Gasteiger partial charge is 0.230 e. The molecular weight excluding hydrogens is 228 g/mol. The zero-order chi connectivity index (χ0) is 13.2. The molecule has 18 heavy (non-hydrogen) atoms. The Morgan fingerprint density at radius 2 is 2.06 bits per heavy atom. The first-order valence-corrected chi connectivity index (χ1v) is 6.30. The summed E-state index contributed by atoms with van der Waals surface area (Å²) >= 11 is 0. The van der Waals surface area contributed by atoms with Gasteiger partial charge in [-0.3, -0.25) is 4.79 Å². The van der Waals surface area contributed by atoms with Crippen LogP contribution in [-0.4, -0.2) is 13.0 Å². The standard InChI is InChI=1S/C14H20N2O2/c1-14(7-3-4-8-14)13(17)16-12-9-10(18-2)5-6-11(12)15/h5-6,9H,3-4,7-8,15H2,1-2H3,(H,16,17). The summed E-state index contributed by atoms with van der Waals surface area (Å²) < 4.78 is 5.14. The minimum atomic E-state index is -0.254. The molecule has 0 unspecified atom stereocenters. The maximum absolute atomic E-state index is 12.3. The van der Waals surface area contributed by atoms with E-state index in [1.54, 1.807) is 25.3 Å². The zero-order valence-corrected chi connectivity index (χ0v) is 11.0. The van der Waals surface area contributed by atoms with Crippen molar-refractivity contribution < 1.29 is 9.53 Å². The van der Waals surface area contributed by atoms with Gasteiger partial charge in [0.15, 0.2) is 0 Å². The van der Waals surface area contributed by atoms with Gasteiger partial charge < -0.3 is 15.8 Å². The number of nitrogens with one attached hydrogen (secondary N) is 1. The van der Waals surface area contributed by atoms with Gasteiger partial charge in [0.1, 0.15) is 5.75 Å². The van der Waals surface area contributed by atoms with Gasteiger partial charge in [0.05, 0.1) is 18.5 Å². The summed E-state index contributed by atoms with van der Waals surface area (Å²) in [6.07, 6.45) is 4.14. The Morgan fingerprint density at radius 3 is 2.67 bits per heavy atom. The van der Waals surface area contributed by atoms with E-state index in [0.29, 0.717) is 17.1 Å². The Kier molecular flexibility index (Phi) is 3.45. The molecule has 1 saturated carbocycles. The van der Waals surface area contributed by atoms with Crippen LogP contribution in [0.25, 0.3) is 0 Å². The number of nitrogen functional groups attached to an aromatic ring is 1. The Morgan fingerprint density at radius 1 is 1.39 bits per heavy atom. The van der Waals surface area contributed by atoms with Gasteiger partial charge in [-0.25, -0.2) is 0 Å². The van der Waals surface area contributed by atoms with E-state index in [1.807, 2.05) is 6.92 Å². The predicted octanol–water partition coefficient (Wildman–Crippen LogP) is 2.80. The normalized spacial score (nSPS) is 17.4. The number of anilines is 2. The summed E-state index contributed by atoms with van der Waals surface area (Å²) in [6, 6.07) is 5.28. The molecule has 0 radical (unpaired) electrons. The Labute approximate surface area is 108 Å². The fraction of sp³-hybridized carbons (Fsp3) is 0.500. The summed E-state index contributed by atoms with van der Waals surface area (Å²) in [5.74, 6) is 0.746. The van der Waals surface area contributed by atoms with E-state index in [-0.39, 0.29) is 11.3 Å². The lowest BCUT2D eigenvalue weighted by Gasteiger charge is -2.22. The lowest BCUT2D eigenvalue weighted by atomic mass is 9.88. The number of nitrogens with two attached hydrogens (primary N) is 1. The van der Waals surface area contributed by atoms with Gasteiger partial charge in [0.2, 0.25) is 5.91 Å². The minimum Gasteiger partial charge on any atom is -0.497 e. The third kappa shape index (κ3) is 2.42. The molecule has 1 amide bonds. The molecule has 0 atom stereocenters. The minimum absolute atomic E-state index is 0.0555. The van der Waals surface area contributed by atoms with Gasteiger partial charge in [-0.1, -0.05) is 19.8 Å². The van der Waals surface area contributed by atoms with Gasteiger partial charge in [0.25, 0.3) is 0 Å². The quantitative estimate of drug-likeness (QED) is 0.808. The van der Waals surface area contributed by atoms with Crippen molar-refractivity contribution in [1.29, 1.82) is 0 Å². The van der Waals surface area contributed by atoms with E-state index >= 15 is 0 Å². The van der Waals surface area contributed by atoms with Crippen LogP contribution >= 0.6 is 0 Å². The number of carbonyl (C=O) groups excluding carboxylic acids is 1. The predicted molar refractivity (Wildman–Crippen MR) is 72.6 cm³/mol. The molecule has 1 aliphatic carbocycles. The number of amides is 1. The summed E-state index contributed by atoms with van der Waals surface area (Å²) in [7, 11) is 1.59. The van der Waals surface area contributed by atoms with E-state index < -0.39 is 0 Å². The van der Waals surface area contributed by atoms with Crippen molar-refractivity contribution in [3.05, 3.63) is 18.2 Å². The second-order valence-electron chi connectivity index (χ2n) is 5.18. The van der Waals surface area contributed by atoms with E-state index in [1.165, 1.54) is 0 Å². The number of hydrogen-bond acceptors (Lipinski definition) is 3. The molecular formula is C14H20N2O2. The van der Waals surface area contributed by atoms with Crippen molar-refractivity contribution in [3.8, 4) is 5.75 Å². The third-order valence-corrected chi connectivity index (χ3v) is 3.76. The van der Waals surface area contributed by atoms with Crippen LogP contribution in [-0.2, 0) is 4.79 Å². The number of rotatable bonds is 3. The highest BCUT2D eigenvalue weighted by atomic mass is 16.5. The number of carbonyl (C=O) groups is 1. The first kappa shape index (κ1) is 12.7. The largest absolute Gasteiger partial charge is 0.497 e. The van der Waals surface area contributed by atoms with Crippen molar-refractivity contribution in [2.45, 2.75) is 32.6 Å². The van der Waals surface area contributed by atoms with Crippen LogP contribution in [0.15, 0.2) is 18.2 Å². The highest BCUT2D eigenvalue weighted by molar-refractivity contribution is 5.97. The van der Waals surface area contributed by atoms with Crippen LogP contribution in [0, 0.1) is 5.41 Å². The molecule has 1 aromatic rings. The highest BCUT2D eigenvalue weighted by Crippen LogP contribution is 2.39. The van der Waals surface area contributed by atoms with Crippen LogP contribution in [0.3, 0.4) is 0 Å². The number of benzene rings is 1. The summed E-state index contributed by atoms with van der Waals surface area (Å²) in [6.45, 7) is 2.02. The molecule has 98 valence electrons. The Hall–Kier alpha value is -1.71. The molecule has 1 aromatic carbocycles. The summed E-state index contributed by atoms with van der Waals surface area (Å²) in [4.78, 5) is 12.3. The maximum Gasteiger partial charge on any atom is 0.230 e. The van der Waals surface area contributed by atoms with Crippen LogP contribution in [0.5, 0.6) is 5.75 Å². The van der Waals surface area contributed by atoms with Crippen molar-refractivity contribution >= 4 is 17.3 Å². The second kappa shape index (κ2) is 4.88. The van der Waals surface area contributed by atoms with E-state index in [0.717, 1.165) is 25.7 Å². The van der Waals surface area contributed by atoms with Gasteiger partial charge >= 0.3 is 0 Å². The van der Waals surface area contributed by atoms with Gasteiger partial charge in [-0.15, -0.1) is 0 Å². The van der Waals surface area contributed by atoms with E-state index in [4.69, 9.17) is 10.5 Å². The topological polar surface area (TPSA) is 64.3 Å². The molecule has 2 rings (SSSR count). The van der Waals surface area contributed by atoms with E-state index in [2.05, 4.69) is 5.32 Å². The molecule has 0 aliphatic heterocycles. The molecule has 0 saturated heterocycles. The fourth-order valence-electron chi connectivity index (χ4n) is 2.43. The molecule has 4 nitrogen and oxygen atoms in total. The third-order valence-electron chi connectivity index (χ3n) is 3.76. The first-order chi connectivity index (χ1) is 8.55. The first-order valence-electron chi connectivity index (χ1n) is 6.30. The maximum atomic E-state index is 12.3. The SMILES string of the molecule is COc1ccc(N)c(NC(=O)C2(C)CCCC2)c1. The summed E-state index contributed by atoms with van der Waals surface area (Å²) in [5, 5.41) is 2.92. The number of hydrogen-bond donors (Lipinski definition) is 2. The molecule has 3 N–H and O–H groups in total. The van der Waals surface area contributed by atoms with E-state index in [9.17, 15) is 4.79 Å². The number of methoxy groups -OCH3 is 1. The average molecular weight is 248 g/mol. The van der Waals surface area contributed by atoms with Crippen molar-refractivity contribution in [2.24, 2.45) is 5.41 Å². The molecule has 0 spiro atoms. The fourth-order valence-corrected chi connectivity index (χ4v) is 2.43. The molecule has 4 heteroatoms. The van der Waals surface area contributed by atoms with Gasteiger partial charge in [0, 0.05) is 11.5 Å². The van der Waals surface area contributed by atoms with Crippen LogP contribution in [0.4, 0.5) is 11.4 Å². The van der Waals surface area contributed by atoms with Crippen molar-refractivity contribution in [1.82, 2.24) is 0 Å². The molecule has 1 fully saturated rings. The second-order valence-corrected chi connectivity index (χ2v) is 5.18. The lowest BCUT2D eigenvalue weighted by Crippen LogP contribution is -2.31. The van der Waals surface area contributed by atoms with Crippen molar-refractivity contribution in [3.63, 3.8) is 0 Å². The van der Waals surface area contributed by atoms with Crippen LogP contribution in [0.1, 0.15) is 32.6 Å². The molecule has 0 aromatic heterocycles. The van der Waals surface area contributed by atoms with Crippen molar-refractivity contribution in [2.75, 3.05) is 18.2 Å². The lowest BCUT2D eigenvalue weighted by molar-refractivity contribution is -0.124. The number of ether oxygens (including phenoxy) is 1.